The molecule has 0 spiro atoms. The SMILES string of the molecule is Nn1c(SCc2cc(=O)oc3cc(Br)ccc23)nnc1-c1ccc(OC(F)F)cc1. The monoisotopic (exact) mass is 494 g/mol. The normalized spacial score (nSPS) is 11.3. The lowest BCUT2D eigenvalue weighted by molar-refractivity contribution is -0.0498. The molecule has 4 aromatic rings. The van der Waals surface area contributed by atoms with Gasteiger partial charge in [-0.1, -0.05) is 27.7 Å². The van der Waals surface area contributed by atoms with Crippen molar-refractivity contribution in [2.75, 3.05) is 5.84 Å². The molecule has 0 aliphatic carbocycles. The van der Waals surface area contributed by atoms with E-state index in [2.05, 4.69) is 30.9 Å². The molecule has 0 saturated heterocycles. The number of nitrogens with zero attached hydrogens (tertiary/aromatic N) is 3. The van der Waals surface area contributed by atoms with Gasteiger partial charge >= 0.3 is 12.2 Å². The Labute approximate surface area is 180 Å². The minimum atomic E-state index is -2.89. The highest BCUT2D eigenvalue weighted by atomic mass is 79.9. The maximum absolute atomic E-state index is 12.3. The van der Waals surface area contributed by atoms with Gasteiger partial charge in [-0.15, -0.1) is 10.2 Å². The lowest BCUT2D eigenvalue weighted by atomic mass is 10.1. The molecule has 154 valence electrons. The number of fused-ring (bicyclic) bond motifs is 1. The Morgan fingerprint density at radius 2 is 1.93 bits per heavy atom. The standard InChI is InChI=1S/C19H13BrF2N4O3S/c20-12-3-6-14-11(7-16(27)29-15(14)8-12)9-30-19-25-24-17(26(19)23)10-1-4-13(5-2-10)28-18(21)22/h1-8,18H,9,23H2. The van der Waals surface area contributed by atoms with Crippen molar-refractivity contribution in [2.24, 2.45) is 0 Å². The number of ether oxygens (including phenoxy) is 1. The van der Waals surface area contributed by atoms with E-state index in [0.29, 0.717) is 27.9 Å². The predicted octanol–water partition coefficient (Wildman–Crippen LogP) is 4.42. The topological polar surface area (TPSA) is 96.2 Å². The van der Waals surface area contributed by atoms with Crippen LogP contribution in [0.5, 0.6) is 5.75 Å². The van der Waals surface area contributed by atoms with Crippen LogP contribution >= 0.6 is 27.7 Å². The van der Waals surface area contributed by atoms with Crippen LogP contribution in [0.25, 0.3) is 22.4 Å². The summed E-state index contributed by atoms with van der Waals surface area (Å²) in [6.07, 6.45) is 0. The summed E-state index contributed by atoms with van der Waals surface area (Å²) in [6, 6.07) is 12.8. The van der Waals surface area contributed by atoms with Gasteiger partial charge in [0.05, 0.1) is 0 Å². The molecule has 7 nitrogen and oxygen atoms in total. The molecule has 0 aliphatic rings. The number of hydrogen-bond acceptors (Lipinski definition) is 7. The zero-order chi connectivity index (χ0) is 21.3. The third kappa shape index (κ3) is 4.31. The van der Waals surface area contributed by atoms with Gasteiger partial charge in [0.2, 0.25) is 5.16 Å². The van der Waals surface area contributed by atoms with E-state index in [4.69, 9.17) is 10.3 Å². The Morgan fingerprint density at radius 1 is 1.17 bits per heavy atom. The van der Waals surface area contributed by atoms with Gasteiger partial charge in [-0.25, -0.2) is 9.47 Å². The van der Waals surface area contributed by atoms with E-state index in [1.54, 1.807) is 18.2 Å². The highest BCUT2D eigenvalue weighted by Crippen LogP contribution is 2.29. The Hall–Kier alpha value is -2.92. The largest absolute Gasteiger partial charge is 0.435 e. The first-order valence-corrected chi connectivity index (χ1v) is 10.3. The number of halogens is 3. The Bertz CT molecular complexity index is 1260. The molecule has 2 N–H and O–H groups in total. The quantitative estimate of drug-likeness (QED) is 0.240. The lowest BCUT2D eigenvalue weighted by Gasteiger charge is -2.07. The van der Waals surface area contributed by atoms with E-state index in [0.717, 1.165) is 15.4 Å². The lowest BCUT2D eigenvalue weighted by Crippen LogP contribution is -2.11. The average Bonchev–Trinajstić information content (AvgIpc) is 3.06. The van der Waals surface area contributed by atoms with E-state index in [1.165, 1.54) is 34.6 Å². The summed E-state index contributed by atoms with van der Waals surface area (Å²) in [7, 11) is 0. The number of hydrogen-bond donors (Lipinski definition) is 1. The van der Waals surface area contributed by atoms with Crippen molar-refractivity contribution in [3.8, 4) is 17.1 Å². The van der Waals surface area contributed by atoms with Gasteiger partial charge < -0.3 is 15.0 Å². The van der Waals surface area contributed by atoms with Crippen molar-refractivity contribution < 1.29 is 17.9 Å². The van der Waals surface area contributed by atoms with Crippen molar-refractivity contribution >= 4 is 38.7 Å². The highest BCUT2D eigenvalue weighted by molar-refractivity contribution is 9.10. The van der Waals surface area contributed by atoms with Gasteiger partial charge in [-0.2, -0.15) is 8.78 Å². The van der Waals surface area contributed by atoms with E-state index < -0.39 is 12.2 Å². The molecule has 2 aromatic carbocycles. The van der Waals surface area contributed by atoms with Crippen molar-refractivity contribution in [2.45, 2.75) is 17.5 Å². The van der Waals surface area contributed by atoms with E-state index in [9.17, 15) is 13.6 Å². The summed E-state index contributed by atoms with van der Waals surface area (Å²) in [4.78, 5) is 11.9. The molecule has 0 saturated carbocycles. The van der Waals surface area contributed by atoms with Crippen molar-refractivity contribution in [1.29, 1.82) is 0 Å². The number of nitrogens with two attached hydrogens (primary N) is 1. The van der Waals surface area contributed by atoms with Crippen LogP contribution < -0.4 is 16.2 Å². The second kappa shape index (κ2) is 8.44. The maximum Gasteiger partial charge on any atom is 0.387 e. The van der Waals surface area contributed by atoms with Gasteiger partial charge in [-0.3, -0.25) is 0 Å². The molecule has 11 heteroatoms. The third-order valence-electron chi connectivity index (χ3n) is 4.15. The molecule has 2 aromatic heterocycles. The number of aromatic nitrogens is 3. The van der Waals surface area contributed by atoms with Gasteiger partial charge in [0, 0.05) is 27.2 Å². The molecule has 30 heavy (non-hydrogen) atoms. The summed E-state index contributed by atoms with van der Waals surface area (Å²) >= 11 is 4.66. The Balaban J connectivity index is 1.56. The van der Waals surface area contributed by atoms with Crippen LogP contribution in [-0.2, 0) is 5.75 Å². The third-order valence-corrected chi connectivity index (χ3v) is 5.64. The first-order valence-electron chi connectivity index (χ1n) is 8.51. The summed E-state index contributed by atoms with van der Waals surface area (Å²) in [6.45, 7) is -2.89. The first kappa shape index (κ1) is 20.4. The number of benzene rings is 2. The summed E-state index contributed by atoms with van der Waals surface area (Å²) in [5.41, 5.74) is 1.40. The Kier molecular flexibility index (Phi) is 5.73. The second-order valence-electron chi connectivity index (χ2n) is 6.10. The van der Waals surface area contributed by atoms with Crippen LogP contribution in [0.1, 0.15) is 5.56 Å². The molecule has 0 atom stereocenters. The fraction of sp³-hybridized carbons (Fsp3) is 0.105. The zero-order valence-electron chi connectivity index (χ0n) is 15.1. The summed E-state index contributed by atoms with van der Waals surface area (Å²) in [5.74, 6) is 6.93. The van der Waals surface area contributed by atoms with Gasteiger partial charge in [0.25, 0.3) is 0 Å². The van der Waals surface area contributed by atoms with E-state index >= 15 is 0 Å². The fourth-order valence-electron chi connectivity index (χ4n) is 2.82. The zero-order valence-corrected chi connectivity index (χ0v) is 17.5. The van der Waals surface area contributed by atoms with Gasteiger partial charge in [-0.05, 0) is 48.0 Å². The van der Waals surface area contributed by atoms with Crippen LogP contribution in [-0.4, -0.2) is 21.5 Å². The second-order valence-corrected chi connectivity index (χ2v) is 7.96. The van der Waals surface area contributed by atoms with Gasteiger partial charge in [0.15, 0.2) is 5.82 Å². The Morgan fingerprint density at radius 3 is 2.67 bits per heavy atom. The predicted molar refractivity (Wildman–Crippen MR) is 112 cm³/mol. The molecule has 0 unspecified atom stereocenters. The van der Waals surface area contributed by atoms with Crippen LogP contribution in [0.15, 0.2) is 67.4 Å². The summed E-state index contributed by atoms with van der Waals surface area (Å²) in [5, 5.41) is 9.39. The molecule has 2 heterocycles. The smallest absolute Gasteiger partial charge is 0.387 e. The van der Waals surface area contributed by atoms with Crippen LogP contribution in [0, 0.1) is 0 Å². The first-order chi connectivity index (χ1) is 14.4. The molecule has 0 fully saturated rings. The molecular weight excluding hydrogens is 482 g/mol. The van der Waals surface area contributed by atoms with Crippen molar-refractivity contribution in [1.82, 2.24) is 14.9 Å². The number of nitrogen functional groups attached to an aromatic ring is 1. The molecule has 0 aliphatic heterocycles. The fourth-order valence-corrected chi connectivity index (χ4v) is 4.01. The van der Waals surface area contributed by atoms with Crippen LogP contribution in [0.4, 0.5) is 8.78 Å². The van der Waals surface area contributed by atoms with E-state index in [-0.39, 0.29) is 5.75 Å². The van der Waals surface area contributed by atoms with Crippen LogP contribution in [0.3, 0.4) is 0 Å². The van der Waals surface area contributed by atoms with Crippen LogP contribution in [0.2, 0.25) is 0 Å². The number of rotatable bonds is 6. The highest BCUT2D eigenvalue weighted by Gasteiger charge is 2.14. The average molecular weight is 495 g/mol. The molecule has 0 amide bonds. The molecule has 0 bridgehead atoms. The van der Waals surface area contributed by atoms with E-state index in [1.807, 2.05) is 12.1 Å². The summed E-state index contributed by atoms with van der Waals surface area (Å²) < 4.78 is 36.2. The van der Waals surface area contributed by atoms with Crippen molar-refractivity contribution in [3.63, 3.8) is 0 Å². The van der Waals surface area contributed by atoms with Gasteiger partial charge in [0.1, 0.15) is 11.3 Å². The molecule has 4 rings (SSSR count). The minimum absolute atomic E-state index is 0.0351. The minimum Gasteiger partial charge on any atom is -0.435 e. The molecule has 0 radical (unpaired) electrons. The number of alkyl halides is 2. The number of thioether (sulfide) groups is 1. The molecular formula is C19H13BrF2N4O3S. The maximum atomic E-state index is 12.3. The van der Waals surface area contributed by atoms with Crippen molar-refractivity contribution in [3.05, 3.63) is 69.0 Å².